The minimum absolute atomic E-state index is 0.715. The number of aromatic nitrogens is 1. The van der Waals surface area contributed by atoms with Crippen LogP contribution in [0.5, 0.6) is 0 Å². The van der Waals surface area contributed by atoms with Gasteiger partial charge in [-0.1, -0.05) is 18.2 Å². The molecule has 0 radical (unpaired) electrons. The minimum Gasteiger partial charge on any atom is -0.274 e. The lowest BCUT2D eigenvalue weighted by atomic mass is 10.1. The van der Waals surface area contributed by atoms with E-state index >= 15 is 0 Å². The van der Waals surface area contributed by atoms with Crippen molar-refractivity contribution in [1.29, 1.82) is 0 Å². The van der Waals surface area contributed by atoms with Gasteiger partial charge in [0.1, 0.15) is 0 Å². The predicted octanol–water partition coefficient (Wildman–Crippen LogP) is 2.13. The quantitative estimate of drug-likeness (QED) is 0.684. The maximum absolute atomic E-state index is 5.13. The summed E-state index contributed by atoms with van der Waals surface area (Å²) in [5, 5.41) is 1.19. The molecule has 0 atom stereocenters. The molecule has 0 fully saturated rings. The number of anilines is 1. The third kappa shape index (κ3) is 1.14. The Morgan fingerprint density at radius 1 is 1.29 bits per heavy atom. The molecule has 0 aliphatic carbocycles. The molecule has 2 heterocycles. The van der Waals surface area contributed by atoms with Gasteiger partial charge in [-0.15, -0.1) is 0 Å². The Hall–Kier alpha value is -1.61. The van der Waals surface area contributed by atoms with Crippen LogP contribution in [0.15, 0.2) is 30.3 Å². The zero-order chi connectivity index (χ0) is 9.38. The summed E-state index contributed by atoms with van der Waals surface area (Å²) in [6.45, 7) is 0.715. The van der Waals surface area contributed by atoms with Crippen LogP contribution < -0.4 is 5.48 Å². The molecule has 2 aromatic rings. The van der Waals surface area contributed by atoms with E-state index in [1.807, 2.05) is 18.2 Å². The van der Waals surface area contributed by atoms with Crippen molar-refractivity contribution in [2.45, 2.75) is 6.42 Å². The number of hydrogen-bond donors (Lipinski definition) is 1. The first-order valence-electron chi connectivity index (χ1n) is 4.70. The molecular formula is C11H10N2O. The monoisotopic (exact) mass is 186 g/mol. The second kappa shape index (κ2) is 2.96. The van der Waals surface area contributed by atoms with Crippen LogP contribution in [0.3, 0.4) is 0 Å². The number of hydrogen-bond acceptors (Lipinski definition) is 3. The summed E-state index contributed by atoms with van der Waals surface area (Å²) in [5.74, 6) is 0.856. The molecule has 0 saturated carbocycles. The molecule has 0 spiro atoms. The Kier molecular flexibility index (Phi) is 1.64. The fraction of sp³-hybridized carbons (Fsp3) is 0.182. The van der Waals surface area contributed by atoms with E-state index in [9.17, 15) is 0 Å². The van der Waals surface area contributed by atoms with E-state index in [1.165, 1.54) is 10.9 Å². The van der Waals surface area contributed by atoms with E-state index < -0.39 is 0 Å². The highest BCUT2D eigenvalue weighted by Gasteiger charge is 2.10. The molecule has 0 amide bonds. The first-order valence-corrected chi connectivity index (χ1v) is 4.70. The maximum Gasteiger partial charge on any atom is 0.153 e. The van der Waals surface area contributed by atoms with Crippen LogP contribution in [0.2, 0.25) is 0 Å². The van der Waals surface area contributed by atoms with Crippen LogP contribution in [0.4, 0.5) is 5.82 Å². The number of para-hydroxylation sites is 1. The van der Waals surface area contributed by atoms with E-state index in [0.29, 0.717) is 6.61 Å². The first-order chi connectivity index (χ1) is 6.93. The van der Waals surface area contributed by atoms with Crippen LogP contribution in [0.1, 0.15) is 5.56 Å². The van der Waals surface area contributed by atoms with Gasteiger partial charge in [-0.2, -0.15) is 0 Å². The third-order valence-corrected chi connectivity index (χ3v) is 2.45. The fourth-order valence-electron chi connectivity index (χ4n) is 1.72. The molecule has 1 aliphatic heterocycles. The van der Waals surface area contributed by atoms with Gasteiger partial charge in [0.05, 0.1) is 12.1 Å². The zero-order valence-corrected chi connectivity index (χ0v) is 7.66. The standard InChI is InChI=1S/C11H10N2O/c1-2-4-10-8(3-1)7-9-5-6-14-13-11(9)12-10/h1-4,7H,5-6H2,(H,12,13). The molecule has 1 aliphatic rings. The highest BCUT2D eigenvalue weighted by Crippen LogP contribution is 2.23. The summed E-state index contributed by atoms with van der Waals surface area (Å²) in [4.78, 5) is 9.61. The van der Waals surface area contributed by atoms with Crippen LogP contribution in [0.25, 0.3) is 10.9 Å². The molecule has 1 aromatic heterocycles. The second-order valence-corrected chi connectivity index (χ2v) is 3.39. The highest BCUT2D eigenvalue weighted by atomic mass is 16.6. The molecule has 3 nitrogen and oxygen atoms in total. The van der Waals surface area contributed by atoms with Crippen molar-refractivity contribution in [3.63, 3.8) is 0 Å². The van der Waals surface area contributed by atoms with Crippen molar-refractivity contribution in [3.05, 3.63) is 35.9 Å². The predicted molar refractivity (Wildman–Crippen MR) is 55.0 cm³/mol. The van der Waals surface area contributed by atoms with Crippen LogP contribution in [-0.4, -0.2) is 11.6 Å². The summed E-state index contributed by atoms with van der Waals surface area (Å²) < 4.78 is 0. The second-order valence-electron chi connectivity index (χ2n) is 3.39. The third-order valence-electron chi connectivity index (χ3n) is 2.45. The topological polar surface area (TPSA) is 34.1 Å². The van der Waals surface area contributed by atoms with Gasteiger partial charge in [0.2, 0.25) is 0 Å². The van der Waals surface area contributed by atoms with Crippen molar-refractivity contribution in [2.24, 2.45) is 0 Å². The van der Waals surface area contributed by atoms with Crippen molar-refractivity contribution in [2.75, 3.05) is 12.1 Å². The van der Waals surface area contributed by atoms with Gasteiger partial charge in [0, 0.05) is 11.8 Å². The SMILES string of the molecule is c1ccc2nc3c(cc2c1)CCON3. The molecule has 1 N–H and O–H groups in total. The van der Waals surface area contributed by atoms with Gasteiger partial charge in [-0.25, -0.2) is 10.5 Å². The van der Waals surface area contributed by atoms with Gasteiger partial charge in [0.15, 0.2) is 5.82 Å². The fourth-order valence-corrected chi connectivity index (χ4v) is 1.72. The Morgan fingerprint density at radius 2 is 2.21 bits per heavy atom. The first kappa shape index (κ1) is 7.76. The molecule has 1 aromatic carbocycles. The Morgan fingerprint density at radius 3 is 3.21 bits per heavy atom. The zero-order valence-electron chi connectivity index (χ0n) is 7.66. The number of nitrogens with zero attached hydrogens (tertiary/aromatic N) is 1. The highest BCUT2D eigenvalue weighted by molar-refractivity contribution is 5.81. The summed E-state index contributed by atoms with van der Waals surface area (Å²) in [5.41, 5.74) is 5.08. The number of nitrogens with one attached hydrogen (secondary N) is 1. The van der Waals surface area contributed by atoms with Gasteiger partial charge >= 0.3 is 0 Å². The molecular weight excluding hydrogens is 176 g/mol. The number of benzene rings is 1. The smallest absolute Gasteiger partial charge is 0.153 e. The lowest BCUT2D eigenvalue weighted by Crippen LogP contribution is -2.15. The maximum atomic E-state index is 5.13. The number of pyridine rings is 1. The van der Waals surface area contributed by atoms with Crippen molar-refractivity contribution >= 4 is 16.7 Å². The largest absolute Gasteiger partial charge is 0.274 e. The van der Waals surface area contributed by atoms with Gasteiger partial charge in [-0.05, 0) is 17.7 Å². The number of rotatable bonds is 0. The van der Waals surface area contributed by atoms with Crippen LogP contribution in [0, 0.1) is 0 Å². The van der Waals surface area contributed by atoms with Crippen LogP contribution in [-0.2, 0) is 11.3 Å². The molecule has 0 saturated heterocycles. The lowest BCUT2D eigenvalue weighted by molar-refractivity contribution is 0.185. The van der Waals surface area contributed by atoms with Crippen molar-refractivity contribution in [1.82, 2.24) is 4.98 Å². The van der Waals surface area contributed by atoms with E-state index in [2.05, 4.69) is 22.6 Å². The molecule has 0 bridgehead atoms. The molecule has 14 heavy (non-hydrogen) atoms. The molecule has 3 heteroatoms. The normalized spacial score (nSPS) is 14.9. The van der Waals surface area contributed by atoms with Crippen molar-refractivity contribution < 1.29 is 4.84 Å². The minimum atomic E-state index is 0.715. The average molecular weight is 186 g/mol. The molecule has 0 unspecified atom stereocenters. The summed E-state index contributed by atoms with van der Waals surface area (Å²) >= 11 is 0. The molecule has 3 rings (SSSR count). The Bertz CT molecular complexity index is 437. The lowest BCUT2D eigenvalue weighted by Gasteiger charge is -2.16. The van der Waals surface area contributed by atoms with Gasteiger partial charge in [0.25, 0.3) is 0 Å². The summed E-state index contributed by atoms with van der Waals surface area (Å²) in [6.07, 6.45) is 0.931. The molecule has 70 valence electrons. The van der Waals surface area contributed by atoms with E-state index in [0.717, 1.165) is 17.8 Å². The Balaban J connectivity index is 2.27. The van der Waals surface area contributed by atoms with Crippen LogP contribution >= 0.6 is 0 Å². The van der Waals surface area contributed by atoms with Gasteiger partial charge < -0.3 is 0 Å². The average Bonchev–Trinajstić information content (AvgIpc) is 2.26. The Labute approximate surface area is 81.7 Å². The number of fused-ring (bicyclic) bond motifs is 2. The van der Waals surface area contributed by atoms with Gasteiger partial charge in [-0.3, -0.25) is 4.84 Å². The summed E-state index contributed by atoms with van der Waals surface area (Å²) in [6, 6.07) is 10.3. The van der Waals surface area contributed by atoms with Crippen molar-refractivity contribution in [3.8, 4) is 0 Å². The van der Waals surface area contributed by atoms with E-state index in [4.69, 9.17) is 4.84 Å². The summed E-state index contributed by atoms with van der Waals surface area (Å²) in [7, 11) is 0. The van der Waals surface area contributed by atoms with E-state index in [1.54, 1.807) is 0 Å². The van der Waals surface area contributed by atoms with E-state index in [-0.39, 0.29) is 0 Å².